The standard InChI is InChI=1S/C19H18ClNO4S/c20-16-8-4-7-15-17(22)13-19(25-18(15)16)9-11-21(12-10-19)26(23,24)14-5-2-1-3-6-14/h1-8H,9-13H2. The SMILES string of the molecule is O=C1CC2(CCN(S(=O)(=O)c3ccccc3)CC2)Oc2c(Cl)cccc21. The lowest BCUT2D eigenvalue weighted by Crippen LogP contribution is -2.52. The number of nitrogens with zero attached hydrogens (tertiary/aromatic N) is 1. The number of hydrogen-bond donors (Lipinski definition) is 0. The van der Waals surface area contributed by atoms with Crippen molar-refractivity contribution in [2.45, 2.75) is 29.8 Å². The van der Waals surface area contributed by atoms with Crippen molar-refractivity contribution >= 4 is 27.4 Å². The summed E-state index contributed by atoms with van der Waals surface area (Å²) >= 11 is 6.21. The second-order valence-electron chi connectivity index (χ2n) is 6.72. The largest absolute Gasteiger partial charge is 0.484 e. The lowest BCUT2D eigenvalue weighted by molar-refractivity contribution is 0.00598. The summed E-state index contributed by atoms with van der Waals surface area (Å²) in [4.78, 5) is 12.8. The Kier molecular flexibility index (Phi) is 4.29. The molecule has 2 aliphatic rings. The molecule has 0 bridgehead atoms. The molecule has 0 N–H and O–H groups in total. The predicted octanol–water partition coefficient (Wildman–Crippen LogP) is 3.53. The zero-order valence-electron chi connectivity index (χ0n) is 14.0. The molecule has 0 saturated carbocycles. The van der Waals surface area contributed by atoms with Crippen LogP contribution in [0.3, 0.4) is 0 Å². The van der Waals surface area contributed by atoms with E-state index in [1.165, 1.54) is 4.31 Å². The number of halogens is 1. The maximum atomic E-state index is 12.8. The number of ketones is 1. The Hall–Kier alpha value is -1.89. The van der Waals surface area contributed by atoms with Crippen molar-refractivity contribution < 1.29 is 17.9 Å². The van der Waals surface area contributed by atoms with E-state index in [4.69, 9.17) is 16.3 Å². The number of para-hydroxylation sites is 1. The van der Waals surface area contributed by atoms with Gasteiger partial charge in [0.05, 0.1) is 21.9 Å². The summed E-state index contributed by atoms with van der Waals surface area (Å²) in [5.74, 6) is 0.415. The van der Waals surface area contributed by atoms with Gasteiger partial charge in [0.1, 0.15) is 11.4 Å². The van der Waals surface area contributed by atoms with Crippen molar-refractivity contribution in [3.8, 4) is 5.75 Å². The molecule has 0 atom stereocenters. The first-order chi connectivity index (χ1) is 12.4. The Morgan fingerprint density at radius 1 is 1.00 bits per heavy atom. The van der Waals surface area contributed by atoms with Crippen LogP contribution in [-0.4, -0.2) is 37.2 Å². The molecule has 2 aromatic rings. The lowest BCUT2D eigenvalue weighted by Gasteiger charge is -2.43. The minimum absolute atomic E-state index is 0.00637. The number of benzene rings is 2. The quantitative estimate of drug-likeness (QED) is 0.785. The molecule has 1 fully saturated rings. The fourth-order valence-corrected chi connectivity index (χ4v) is 5.30. The summed E-state index contributed by atoms with van der Waals surface area (Å²) in [6.07, 6.45) is 1.16. The highest BCUT2D eigenvalue weighted by Gasteiger charge is 2.45. The number of carbonyl (C=O) groups is 1. The minimum Gasteiger partial charge on any atom is -0.484 e. The van der Waals surface area contributed by atoms with Gasteiger partial charge >= 0.3 is 0 Å². The summed E-state index contributed by atoms with van der Waals surface area (Å²) in [6.45, 7) is 0.620. The maximum Gasteiger partial charge on any atom is 0.243 e. The Balaban J connectivity index is 1.56. The van der Waals surface area contributed by atoms with Crippen molar-refractivity contribution in [1.29, 1.82) is 0 Å². The second kappa shape index (κ2) is 6.37. The Morgan fingerprint density at radius 2 is 1.69 bits per heavy atom. The van der Waals surface area contributed by atoms with Crippen LogP contribution >= 0.6 is 11.6 Å². The van der Waals surface area contributed by atoms with E-state index in [-0.39, 0.29) is 17.1 Å². The monoisotopic (exact) mass is 391 g/mol. The van der Waals surface area contributed by atoms with Crippen LogP contribution in [0.15, 0.2) is 53.4 Å². The van der Waals surface area contributed by atoms with E-state index in [0.29, 0.717) is 42.3 Å². The first-order valence-corrected chi connectivity index (χ1v) is 10.3. The fourth-order valence-electron chi connectivity index (χ4n) is 3.63. The molecule has 4 rings (SSSR count). The minimum atomic E-state index is -3.53. The van der Waals surface area contributed by atoms with Gasteiger partial charge in [-0.15, -0.1) is 0 Å². The van der Waals surface area contributed by atoms with Crippen molar-refractivity contribution in [1.82, 2.24) is 4.31 Å². The molecule has 2 aromatic carbocycles. The molecule has 2 aliphatic heterocycles. The molecular formula is C19H18ClNO4S. The van der Waals surface area contributed by atoms with E-state index in [1.54, 1.807) is 48.5 Å². The van der Waals surface area contributed by atoms with Crippen LogP contribution in [0.5, 0.6) is 5.75 Å². The topological polar surface area (TPSA) is 63.7 Å². The van der Waals surface area contributed by atoms with E-state index in [9.17, 15) is 13.2 Å². The number of fused-ring (bicyclic) bond motifs is 1. The second-order valence-corrected chi connectivity index (χ2v) is 9.06. The number of rotatable bonds is 2. The highest BCUT2D eigenvalue weighted by Crippen LogP contribution is 2.43. The van der Waals surface area contributed by atoms with Gasteiger partial charge in [-0.25, -0.2) is 8.42 Å². The van der Waals surface area contributed by atoms with Crippen molar-refractivity contribution in [3.63, 3.8) is 0 Å². The normalized spacial score (nSPS) is 19.8. The average Bonchev–Trinajstić information content (AvgIpc) is 2.64. The Bertz CT molecular complexity index is 951. The van der Waals surface area contributed by atoms with E-state index >= 15 is 0 Å². The summed E-state index contributed by atoms with van der Waals surface area (Å²) in [5.41, 5.74) is -0.180. The molecule has 1 saturated heterocycles. The fraction of sp³-hybridized carbons (Fsp3) is 0.316. The van der Waals surface area contributed by atoms with E-state index < -0.39 is 15.6 Å². The van der Waals surface area contributed by atoms with Gasteiger partial charge in [-0.2, -0.15) is 4.31 Å². The molecule has 7 heteroatoms. The van der Waals surface area contributed by atoms with Crippen molar-refractivity contribution in [2.75, 3.05) is 13.1 Å². The van der Waals surface area contributed by atoms with Gasteiger partial charge in [0, 0.05) is 25.9 Å². The zero-order valence-corrected chi connectivity index (χ0v) is 15.6. The van der Waals surface area contributed by atoms with Gasteiger partial charge in [0.2, 0.25) is 10.0 Å². The van der Waals surface area contributed by atoms with Crippen molar-refractivity contribution in [2.24, 2.45) is 0 Å². The van der Waals surface area contributed by atoms with Crippen LogP contribution in [0, 0.1) is 0 Å². The zero-order chi connectivity index (χ0) is 18.4. The number of piperidine rings is 1. The molecule has 2 heterocycles. The van der Waals surface area contributed by atoms with Crippen LogP contribution in [0.4, 0.5) is 0 Å². The number of sulfonamides is 1. The number of carbonyl (C=O) groups excluding carboxylic acids is 1. The molecule has 26 heavy (non-hydrogen) atoms. The van der Waals surface area contributed by atoms with Crippen LogP contribution in [-0.2, 0) is 10.0 Å². The van der Waals surface area contributed by atoms with Gasteiger partial charge in [-0.1, -0.05) is 35.9 Å². The molecule has 0 aliphatic carbocycles. The highest BCUT2D eigenvalue weighted by atomic mass is 35.5. The smallest absolute Gasteiger partial charge is 0.243 e. The molecular weight excluding hydrogens is 374 g/mol. The summed E-state index contributed by atoms with van der Waals surface area (Å²) in [7, 11) is -3.53. The molecule has 5 nitrogen and oxygen atoms in total. The van der Waals surface area contributed by atoms with Crippen LogP contribution in [0.1, 0.15) is 29.6 Å². The van der Waals surface area contributed by atoms with Gasteiger partial charge in [-0.05, 0) is 24.3 Å². The third kappa shape index (κ3) is 2.92. The molecule has 1 spiro atoms. The summed E-state index contributed by atoms with van der Waals surface area (Å²) in [6, 6.07) is 13.5. The van der Waals surface area contributed by atoms with E-state index in [2.05, 4.69) is 0 Å². The predicted molar refractivity (Wildman–Crippen MR) is 98.2 cm³/mol. The third-order valence-electron chi connectivity index (χ3n) is 5.08. The number of Topliss-reactive ketones (excluding diaryl/α,β-unsaturated/α-hetero) is 1. The first kappa shape index (κ1) is 17.5. The van der Waals surface area contributed by atoms with Crippen LogP contribution in [0.25, 0.3) is 0 Å². The Morgan fingerprint density at radius 3 is 2.38 bits per heavy atom. The summed E-state index contributed by atoms with van der Waals surface area (Å²) < 4.78 is 33.2. The molecule has 136 valence electrons. The maximum absolute atomic E-state index is 12.8. The molecule has 0 amide bonds. The van der Waals surface area contributed by atoms with Gasteiger partial charge < -0.3 is 4.74 Å². The van der Waals surface area contributed by atoms with Gasteiger partial charge in [0.15, 0.2) is 5.78 Å². The summed E-state index contributed by atoms with van der Waals surface area (Å²) in [5, 5.41) is 0.411. The van der Waals surface area contributed by atoms with Crippen molar-refractivity contribution in [3.05, 3.63) is 59.1 Å². The molecule has 0 aromatic heterocycles. The van der Waals surface area contributed by atoms with Gasteiger partial charge in [0.25, 0.3) is 0 Å². The molecule has 0 unspecified atom stereocenters. The van der Waals surface area contributed by atoms with Crippen LogP contribution < -0.4 is 4.74 Å². The van der Waals surface area contributed by atoms with Crippen LogP contribution in [0.2, 0.25) is 5.02 Å². The lowest BCUT2D eigenvalue weighted by atomic mass is 9.83. The first-order valence-electron chi connectivity index (χ1n) is 8.47. The van der Waals surface area contributed by atoms with E-state index in [1.807, 2.05) is 0 Å². The average molecular weight is 392 g/mol. The Labute approximate surface area is 157 Å². The van der Waals surface area contributed by atoms with Gasteiger partial charge in [-0.3, -0.25) is 4.79 Å². The van der Waals surface area contributed by atoms with E-state index in [0.717, 1.165) is 0 Å². The third-order valence-corrected chi connectivity index (χ3v) is 7.29. The number of ether oxygens (including phenoxy) is 1. The number of hydrogen-bond acceptors (Lipinski definition) is 4. The molecule has 0 radical (unpaired) electrons. The highest BCUT2D eigenvalue weighted by molar-refractivity contribution is 7.89.